The fourth-order valence-corrected chi connectivity index (χ4v) is 1.41. The zero-order valence-electron chi connectivity index (χ0n) is 11.5. The van der Waals surface area contributed by atoms with Gasteiger partial charge in [-0.2, -0.15) is 0 Å². The van der Waals surface area contributed by atoms with Gasteiger partial charge < -0.3 is 15.8 Å². The highest BCUT2D eigenvalue weighted by Crippen LogP contribution is 2.18. The molecule has 0 bridgehead atoms. The van der Waals surface area contributed by atoms with Crippen molar-refractivity contribution in [3.63, 3.8) is 0 Å². The molecule has 1 unspecified atom stereocenters. The van der Waals surface area contributed by atoms with Crippen LogP contribution >= 0.6 is 12.2 Å². The molecular formula is C14H20N2O2S. The number of hydrogen-bond acceptors (Lipinski definition) is 3. The number of amides is 1. The number of nitrogens with one attached hydrogen (secondary N) is 1. The van der Waals surface area contributed by atoms with Crippen LogP contribution < -0.4 is 15.8 Å². The van der Waals surface area contributed by atoms with E-state index in [1.807, 2.05) is 20.8 Å². The van der Waals surface area contributed by atoms with Crippen LogP contribution in [0.25, 0.3) is 0 Å². The number of thiocarbonyl (C=S) groups is 1. The van der Waals surface area contributed by atoms with Gasteiger partial charge in [-0.05, 0) is 30.2 Å². The van der Waals surface area contributed by atoms with E-state index in [-0.39, 0.29) is 18.4 Å². The van der Waals surface area contributed by atoms with Gasteiger partial charge in [0.15, 0.2) is 0 Å². The summed E-state index contributed by atoms with van der Waals surface area (Å²) in [5.41, 5.74) is 6.10. The number of hydrogen-bond donors (Lipinski definition) is 2. The summed E-state index contributed by atoms with van der Waals surface area (Å²) >= 11 is 4.73. The van der Waals surface area contributed by atoms with Gasteiger partial charge >= 0.3 is 0 Å². The lowest BCUT2D eigenvalue weighted by Crippen LogP contribution is -2.24. The fraction of sp³-hybridized carbons (Fsp3) is 0.429. The zero-order valence-corrected chi connectivity index (χ0v) is 12.3. The number of ether oxygens (including phenoxy) is 1. The van der Waals surface area contributed by atoms with E-state index in [4.69, 9.17) is 22.7 Å². The topological polar surface area (TPSA) is 64.3 Å². The number of anilines is 1. The lowest BCUT2D eigenvalue weighted by molar-refractivity contribution is -0.120. The van der Waals surface area contributed by atoms with E-state index in [0.717, 1.165) is 5.69 Å². The summed E-state index contributed by atoms with van der Waals surface area (Å²) in [5.74, 6) is 0.980. The van der Waals surface area contributed by atoms with Crippen molar-refractivity contribution in [1.82, 2.24) is 0 Å². The molecule has 1 amide bonds. The van der Waals surface area contributed by atoms with E-state index >= 15 is 0 Å². The summed E-state index contributed by atoms with van der Waals surface area (Å²) in [7, 11) is 0. The smallest absolute Gasteiger partial charge is 0.227 e. The molecular weight excluding hydrogens is 260 g/mol. The summed E-state index contributed by atoms with van der Waals surface area (Å²) in [6.07, 6.45) is 0. The summed E-state index contributed by atoms with van der Waals surface area (Å²) in [5, 5.41) is 2.87. The van der Waals surface area contributed by atoms with Crippen molar-refractivity contribution in [2.24, 2.45) is 17.6 Å². The lowest BCUT2D eigenvalue weighted by Gasteiger charge is -2.15. The second-order valence-electron chi connectivity index (χ2n) is 4.80. The quantitative estimate of drug-likeness (QED) is 0.786. The Kier molecular flexibility index (Phi) is 5.76. The van der Waals surface area contributed by atoms with Crippen molar-refractivity contribution in [3.05, 3.63) is 24.3 Å². The Morgan fingerprint density at radius 1 is 1.32 bits per heavy atom. The van der Waals surface area contributed by atoms with Gasteiger partial charge in [0.2, 0.25) is 5.91 Å². The van der Waals surface area contributed by atoms with Crippen LogP contribution in [0.15, 0.2) is 24.3 Å². The second-order valence-corrected chi connectivity index (χ2v) is 5.33. The van der Waals surface area contributed by atoms with Crippen LogP contribution in [0.5, 0.6) is 5.75 Å². The molecule has 0 heterocycles. The predicted molar refractivity (Wildman–Crippen MR) is 81.4 cm³/mol. The highest BCUT2D eigenvalue weighted by Gasteiger charge is 2.16. The summed E-state index contributed by atoms with van der Waals surface area (Å²) in [4.78, 5) is 12.2. The number of carbonyl (C=O) groups is 1. The molecule has 0 radical (unpaired) electrons. The van der Waals surface area contributed by atoms with Crippen LogP contribution in [0.2, 0.25) is 0 Å². The Balaban J connectivity index is 2.57. The van der Waals surface area contributed by atoms with Crippen LogP contribution in [0.4, 0.5) is 5.69 Å². The molecule has 3 N–H and O–H groups in total. The molecule has 1 rings (SSSR count). The molecule has 0 aromatic heterocycles. The maximum absolute atomic E-state index is 11.9. The average Bonchev–Trinajstić information content (AvgIpc) is 2.36. The normalized spacial score (nSPS) is 12.0. The Bertz CT molecular complexity index is 443. The largest absolute Gasteiger partial charge is 0.487 e. The first-order chi connectivity index (χ1) is 8.90. The third-order valence-electron chi connectivity index (χ3n) is 2.92. The van der Waals surface area contributed by atoms with Crippen LogP contribution in [0, 0.1) is 11.8 Å². The van der Waals surface area contributed by atoms with Gasteiger partial charge in [-0.1, -0.05) is 33.0 Å². The number of nitrogens with two attached hydrogens (primary N) is 1. The molecule has 0 spiro atoms. The predicted octanol–water partition coefficient (Wildman–Crippen LogP) is 2.58. The highest BCUT2D eigenvalue weighted by atomic mass is 32.1. The molecule has 4 nitrogen and oxygen atoms in total. The molecule has 0 aliphatic carbocycles. The average molecular weight is 280 g/mol. The van der Waals surface area contributed by atoms with Crippen molar-refractivity contribution in [3.8, 4) is 5.75 Å². The Hall–Kier alpha value is -1.62. The van der Waals surface area contributed by atoms with Crippen molar-refractivity contribution >= 4 is 28.8 Å². The highest BCUT2D eigenvalue weighted by molar-refractivity contribution is 7.80. The molecule has 0 aliphatic heterocycles. The van der Waals surface area contributed by atoms with Crippen molar-refractivity contribution in [2.75, 3.05) is 11.9 Å². The minimum absolute atomic E-state index is 0.0202. The van der Waals surface area contributed by atoms with E-state index < -0.39 is 0 Å². The Morgan fingerprint density at radius 2 is 1.89 bits per heavy atom. The standard InChI is InChI=1S/C14H20N2O2S/c1-9(2)10(3)14(17)16-11-4-6-12(7-5-11)18-8-13(15)19/h4-7,9-10H,8H2,1-3H3,(H2,15,19)(H,16,17). The lowest BCUT2D eigenvalue weighted by atomic mass is 9.97. The van der Waals surface area contributed by atoms with Gasteiger partial charge in [0.1, 0.15) is 17.3 Å². The number of benzene rings is 1. The van der Waals surface area contributed by atoms with Crippen molar-refractivity contribution < 1.29 is 9.53 Å². The van der Waals surface area contributed by atoms with Gasteiger partial charge in [0.05, 0.1) is 0 Å². The SMILES string of the molecule is CC(C)C(C)C(=O)Nc1ccc(OCC(N)=S)cc1. The minimum atomic E-state index is -0.0226. The van der Waals surface area contributed by atoms with E-state index in [1.165, 1.54) is 0 Å². The molecule has 1 aromatic carbocycles. The first-order valence-electron chi connectivity index (χ1n) is 6.22. The molecule has 1 atom stereocenters. The van der Waals surface area contributed by atoms with Gasteiger partial charge in [0, 0.05) is 11.6 Å². The number of carbonyl (C=O) groups excluding carboxylic acids is 1. The van der Waals surface area contributed by atoms with Crippen molar-refractivity contribution in [2.45, 2.75) is 20.8 Å². The molecule has 0 aliphatic rings. The maximum atomic E-state index is 11.9. The van der Waals surface area contributed by atoms with Crippen LogP contribution in [0.3, 0.4) is 0 Å². The van der Waals surface area contributed by atoms with Crippen LogP contribution in [-0.4, -0.2) is 17.5 Å². The number of rotatable bonds is 6. The van der Waals surface area contributed by atoms with Gasteiger partial charge in [-0.25, -0.2) is 0 Å². The molecule has 104 valence electrons. The van der Waals surface area contributed by atoms with Crippen LogP contribution in [0.1, 0.15) is 20.8 Å². The summed E-state index contributed by atoms with van der Waals surface area (Å²) < 4.78 is 5.33. The van der Waals surface area contributed by atoms with E-state index in [2.05, 4.69) is 5.32 Å². The molecule has 0 fully saturated rings. The van der Waals surface area contributed by atoms with Gasteiger partial charge in [0.25, 0.3) is 0 Å². The maximum Gasteiger partial charge on any atom is 0.227 e. The van der Waals surface area contributed by atoms with Gasteiger partial charge in [-0.15, -0.1) is 0 Å². The molecule has 0 saturated heterocycles. The zero-order chi connectivity index (χ0) is 14.4. The minimum Gasteiger partial charge on any atom is -0.487 e. The first-order valence-corrected chi connectivity index (χ1v) is 6.63. The third kappa shape index (κ3) is 5.26. The Morgan fingerprint density at radius 3 is 2.37 bits per heavy atom. The van der Waals surface area contributed by atoms with Gasteiger partial charge in [-0.3, -0.25) is 4.79 Å². The summed E-state index contributed by atoms with van der Waals surface area (Å²) in [6, 6.07) is 7.13. The fourth-order valence-electron chi connectivity index (χ4n) is 1.35. The molecule has 19 heavy (non-hydrogen) atoms. The summed E-state index contributed by atoms with van der Waals surface area (Å²) in [6.45, 7) is 6.18. The molecule has 0 saturated carbocycles. The van der Waals surface area contributed by atoms with E-state index in [9.17, 15) is 4.79 Å². The third-order valence-corrected chi connectivity index (χ3v) is 3.03. The monoisotopic (exact) mass is 280 g/mol. The van der Waals surface area contributed by atoms with E-state index in [1.54, 1.807) is 24.3 Å². The second kappa shape index (κ2) is 7.09. The molecule has 1 aromatic rings. The van der Waals surface area contributed by atoms with E-state index in [0.29, 0.717) is 16.7 Å². The van der Waals surface area contributed by atoms with Crippen LogP contribution in [-0.2, 0) is 4.79 Å². The first kappa shape index (κ1) is 15.4. The van der Waals surface area contributed by atoms with Crippen molar-refractivity contribution in [1.29, 1.82) is 0 Å². The molecule has 5 heteroatoms. The Labute approximate surface area is 119 Å².